The first-order chi connectivity index (χ1) is 8.11. The molecular formula is C14H20BrNO. The Morgan fingerprint density at radius 2 is 2.12 bits per heavy atom. The number of rotatable bonds is 5. The van der Waals surface area contributed by atoms with Gasteiger partial charge in [0.05, 0.1) is 6.61 Å². The molecule has 0 aliphatic heterocycles. The molecule has 3 heteroatoms. The zero-order valence-corrected chi connectivity index (χ0v) is 12.1. The maximum Gasteiger partial charge on any atom is 0.0692 e. The number of nitrogens with zero attached hydrogens (tertiary/aromatic N) is 1. The van der Waals surface area contributed by atoms with E-state index < -0.39 is 0 Å². The monoisotopic (exact) mass is 297 g/mol. The van der Waals surface area contributed by atoms with Crippen LogP contribution in [0.2, 0.25) is 0 Å². The van der Waals surface area contributed by atoms with Gasteiger partial charge in [0.1, 0.15) is 0 Å². The Morgan fingerprint density at radius 1 is 1.41 bits per heavy atom. The zero-order chi connectivity index (χ0) is 12.4. The van der Waals surface area contributed by atoms with Gasteiger partial charge in [0.25, 0.3) is 0 Å². The van der Waals surface area contributed by atoms with Gasteiger partial charge in [0, 0.05) is 22.7 Å². The topological polar surface area (TPSA) is 23.5 Å². The van der Waals surface area contributed by atoms with Crippen LogP contribution in [0.25, 0.3) is 0 Å². The van der Waals surface area contributed by atoms with Gasteiger partial charge in [0.2, 0.25) is 0 Å². The summed E-state index contributed by atoms with van der Waals surface area (Å²) in [4.78, 5) is 2.50. The van der Waals surface area contributed by atoms with Crippen molar-refractivity contribution in [1.29, 1.82) is 0 Å². The van der Waals surface area contributed by atoms with Crippen LogP contribution in [-0.4, -0.2) is 17.7 Å². The van der Waals surface area contributed by atoms with Crippen molar-refractivity contribution in [2.75, 3.05) is 11.4 Å². The molecule has 0 heterocycles. The lowest BCUT2D eigenvalue weighted by atomic mass is 10.1. The molecule has 0 bridgehead atoms. The molecule has 0 unspecified atom stereocenters. The van der Waals surface area contributed by atoms with Crippen LogP contribution in [0.5, 0.6) is 0 Å². The highest BCUT2D eigenvalue weighted by molar-refractivity contribution is 9.10. The Hall–Kier alpha value is -0.540. The van der Waals surface area contributed by atoms with E-state index in [0.717, 1.165) is 22.6 Å². The first-order valence-electron chi connectivity index (χ1n) is 6.27. The minimum absolute atomic E-state index is 0.0917. The molecule has 0 atom stereocenters. The Morgan fingerprint density at radius 3 is 2.59 bits per heavy atom. The van der Waals surface area contributed by atoms with Gasteiger partial charge in [-0.3, -0.25) is 0 Å². The highest BCUT2D eigenvalue weighted by Crippen LogP contribution is 2.34. The predicted octanol–water partition coefficient (Wildman–Crippen LogP) is 3.57. The van der Waals surface area contributed by atoms with Crippen molar-refractivity contribution in [2.24, 2.45) is 5.92 Å². The van der Waals surface area contributed by atoms with Crippen molar-refractivity contribution >= 4 is 21.6 Å². The summed E-state index contributed by atoms with van der Waals surface area (Å²) in [5, 5.41) is 9.17. The first kappa shape index (κ1) is 12.9. The number of anilines is 1. The van der Waals surface area contributed by atoms with Crippen molar-refractivity contribution in [1.82, 2.24) is 0 Å². The van der Waals surface area contributed by atoms with Crippen LogP contribution in [-0.2, 0) is 6.61 Å². The maximum absolute atomic E-state index is 9.17. The number of aliphatic hydroxyl groups excluding tert-OH is 1. The van der Waals surface area contributed by atoms with Crippen molar-refractivity contribution in [3.05, 3.63) is 28.2 Å². The van der Waals surface area contributed by atoms with E-state index in [4.69, 9.17) is 0 Å². The minimum atomic E-state index is 0.0917. The summed E-state index contributed by atoms with van der Waals surface area (Å²) < 4.78 is 1.01. The molecule has 94 valence electrons. The SMILES string of the molecule is CC(C)CN(c1ccc(CO)c(Br)c1)C1CC1. The fourth-order valence-corrected chi connectivity index (χ4v) is 2.58. The second-order valence-corrected chi connectivity index (χ2v) is 6.07. The second kappa shape index (κ2) is 5.40. The van der Waals surface area contributed by atoms with E-state index in [0.29, 0.717) is 5.92 Å². The summed E-state index contributed by atoms with van der Waals surface area (Å²) >= 11 is 3.52. The van der Waals surface area contributed by atoms with Gasteiger partial charge < -0.3 is 10.0 Å². The van der Waals surface area contributed by atoms with Gasteiger partial charge in [0.15, 0.2) is 0 Å². The van der Waals surface area contributed by atoms with Crippen LogP contribution < -0.4 is 4.90 Å². The first-order valence-corrected chi connectivity index (χ1v) is 7.07. The normalized spacial score (nSPS) is 15.4. The third kappa shape index (κ3) is 3.23. The highest BCUT2D eigenvalue weighted by Gasteiger charge is 2.29. The van der Waals surface area contributed by atoms with Gasteiger partial charge in [-0.15, -0.1) is 0 Å². The molecule has 1 aliphatic rings. The third-order valence-electron chi connectivity index (χ3n) is 3.09. The molecule has 2 rings (SSSR count). The zero-order valence-electron chi connectivity index (χ0n) is 10.5. The summed E-state index contributed by atoms with van der Waals surface area (Å²) in [6, 6.07) is 6.99. The van der Waals surface area contributed by atoms with Crippen molar-refractivity contribution in [2.45, 2.75) is 39.3 Å². The summed E-state index contributed by atoms with van der Waals surface area (Å²) in [6.07, 6.45) is 2.62. The van der Waals surface area contributed by atoms with Crippen LogP contribution >= 0.6 is 15.9 Å². The summed E-state index contributed by atoms with van der Waals surface area (Å²) in [5.41, 5.74) is 2.22. The Balaban J connectivity index is 2.20. The lowest BCUT2D eigenvalue weighted by Gasteiger charge is -2.27. The quantitative estimate of drug-likeness (QED) is 0.898. The highest BCUT2D eigenvalue weighted by atomic mass is 79.9. The van der Waals surface area contributed by atoms with Crippen LogP contribution in [0.15, 0.2) is 22.7 Å². The number of benzene rings is 1. The molecule has 0 saturated heterocycles. The molecule has 1 aromatic rings. The minimum Gasteiger partial charge on any atom is -0.392 e. The van der Waals surface area contributed by atoms with Crippen LogP contribution in [0.4, 0.5) is 5.69 Å². The summed E-state index contributed by atoms with van der Waals surface area (Å²) in [7, 11) is 0. The predicted molar refractivity (Wildman–Crippen MR) is 75.3 cm³/mol. The Labute approximate surface area is 112 Å². The number of aliphatic hydroxyl groups is 1. The average molecular weight is 298 g/mol. The van der Waals surface area contributed by atoms with Crippen molar-refractivity contribution < 1.29 is 5.11 Å². The molecular weight excluding hydrogens is 278 g/mol. The second-order valence-electron chi connectivity index (χ2n) is 5.21. The van der Waals surface area contributed by atoms with E-state index in [-0.39, 0.29) is 6.61 Å². The molecule has 2 nitrogen and oxygen atoms in total. The van der Waals surface area contributed by atoms with Gasteiger partial charge in [-0.25, -0.2) is 0 Å². The molecule has 0 amide bonds. The van der Waals surface area contributed by atoms with E-state index in [9.17, 15) is 5.11 Å². The lowest BCUT2D eigenvalue weighted by molar-refractivity contribution is 0.281. The molecule has 17 heavy (non-hydrogen) atoms. The lowest BCUT2D eigenvalue weighted by Crippen LogP contribution is -2.29. The van der Waals surface area contributed by atoms with E-state index >= 15 is 0 Å². The summed E-state index contributed by atoms with van der Waals surface area (Å²) in [6.45, 7) is 5.71. The van der Waals surface area contributed by atoms with Crippen LogP contribution in [0.3, 0.4) is 0 Å². The molecule has 0 aromatic heterocycles. The largest absolute Gasteiger partial charge is 0.392 e. The third-order valence-corrected chi connectivity index (χ3v) is 3.83. The molecule has 1 fully saturated rings. The van der Waals surface area contributed by atoms with Gasteiger partial charge >= 0.3 is 0 Å². The molecule has 0 radical (unpaired) electrons. The van der Waals surface area contributed by atoms with E-state index in [1.807, 2.05) is 6.07 Å². The number of halogens is 1. The Bertz CT molecular complexity index is 388. The molecule has 1 N–H and O–H groups in total. The molecule has 1 aromatic carbocycles. The molecule has 0 spiro atoms. The average Bonchev–Trinajstić information content (AvgIpc) is 3.09. The van der Waals surface area contributed by atoms with E-state index in [1.54, 1.807) is 0 Å². The van der Waals surface area contributed by atoms with Gasteiger partial charge in [-0.1, -0.05) is 35.8 Å². The van der Waals surface area contributed by atoms with E-state index in [2.05, 4.69) is 46.8 Å². The van der Waals surface area contributed by atoms with Crippen molar-refractivity contribution in [3.63, 3.8) is 0 Å². The summed E-state index contributed by atoms with van der Waals surface area (Å²) in [5.74, 6) is 0.673. The molecule has 1 saturated carbocycles. The van der Waals surface area contributed by atoms with Crippen LogP contribution in [0, 0.1) is 5.92 Å². The molecule has 1 aliphatic carbocycles. The van der Waals surface area contributed by atoms with Crippen LogP contribution in [0.1, 0.15) is 32.3 Å². The number of hydrogen-bond acceptors (Lipinski definition) is 2. The fourth-order valence-electron chi connectivity index (χ4n) is 2.09. The van der Waals surface area contributed by atoms with Crippen molar-refractivity contribution in [3.8, 4) is 0 Å². The maximum atomic E-state index is 9.17. The smallest absolute Gasteiger partial charge is 0.0692 e. The van der Waals surface area contributed by atoms with Gasteiger partial charge in [-0.2, -0.15) is 0 Å². The Kier molecular flexibility index (Phi) is 4.10. The standard InChI is InChI=1S/C14H20BrNO/c1-10(2)8-16(12-5-6-12)13-4-3-11(9-17)14(15)7-13/h3-4,7,10,12,17H,5-6,8-9H2,1-2H3. The fraction of sp³-hybridized carbons (Fsp3) is 0.571. The number of hydrogen-bond donors (Lipinski definition) is 1. The van der Waals surface area contributed by atoms with Gasteiger partial charge in [-0.05, 0) is 36.5 Å². The van der Waals surface area contributed by atoms with E-state index in [1.165, 1.54) is 18.5 Å².